The number of alkyl halides is 4. The number of anilines is 4. The molecule has 0 saturated carbocycles. The second kappa shape index (κ2) is 7.97. The monoisotopic (exact) mass is 455 g/mol. The van der Waals surface area contributed by atoms with Crippen molar-refractivity contribution in [3.05, 3.63) is 66.1 Å². The summed E-state index contributed by atoms with van der Waals surface area (Å²) in [5.41, 5.74) is 1.22. The van der Waals surface area contributed by atoms with Crippen molar-refractivity contribution in [2.45, 2.75) is 12.9 Å². The van der Waals surface area contributed by atoms with Gasteiger partial charge in [0.1, 0.15) is 23.6 Å². The smallest absolute Gasteiger partial charge is 0.433 e. The van der Waals surface area contributed by atoms with Crippen LogP contribution in [0, 0.1) is 0 Å². The van der Waals surface area contributed by atoms with Crippen LogP contribution in [0.3, 0.4) is 0 Å². The SMILES string of the molecule is FCc1cc(Nc2nc(Nc3cc4ccc3o4)nc(-c3cccc(C(F)(F)F)n3)n2)ccn1. The van der Waals surface area contributed by atoms with Gasteiger partial charge in [0, 0.05) is 18.0 Å². The summed E-state index contributed by atoms with van der Waals surface area (Å²) in [5, 5.41) is 5.88. The van der Waals surface area contributed by atoms with Crippen LogP contribution in [0.5, 0.6) is 0 Å². The molecule has 0 spiro atoms. The fourth-order valence-corrected chi connectivity index (χ4v) is 3.08. The van der Waals surface area contributed by atoms with Crippen molar-refractivity contribution in [1.29, 1.82) is 0 Å². The first-order valence-electron chi connectivity index (χ1n) is 9.55. The lowest BCUT2D eigenvalue weighted by Gasteiger charge is -2.11. The lowest BCUT2D eigenvalue weighted by molar-refractivity contribution is -0.141. The lowest BCUT2D eigenvalue weighted by atomic mass is 10.3. The van der Waals surface area contributed by atoms with Crippen molar-refractivity contribution >= 4 is 34.4 Å². The maximum atomic E-state index is 13.1. The first-order chi connectivity index (χ1) is 15.9. The fraction of sp³-hybridized carbons (Fsp3) is 0.0952. The minimum Gasteiger partial charge on any atom is -0.455 e. The van der Waals surface area contributed by atoms with Crippen LogP contribution < -0.4 is 10.6 Å². The molecule has 0 fully saturated rings. The predicted octanol–water partition coefficient (Wildman–Crippen LogP) is 5.49. The maximum Gasteiger partial charge on any atom is 0.433 e. The number of fused-ring (bicyclic) bond motifs is 2. The topological polar surface area (TPSA) is 102 Å². The minimum atomic E-state index is -4.63. The third-order valence-corrected chi connectivity index (χ3v) is 4.54. The van der Waals surface area contributed by atoms with Gasteiger partial charge in [0.05, 0.1) is 11.4 Å². The lowest BCUT2D eigenvalue weighted by Crippen LogP contribution is -2.10. The van der Waals surface area contributed by atoms with Gasteiger partial charge in [-0.3, -0.25) is 4.98 Å². The van der Waals surface area contributed by atoms with Crippen LogP contribution in [-0.2, 0) is 12.9 Å². The van der Waals surface area contributed by atoms with Crippen molar-refractivity contribution in [3.63, 3.8) is 0 Å². The largest absolute Gasteiger partial charge is 0.455 e. The average Bonchev–Trinajstić information content (AvgIpc) is 3.42. The Kier molecular flexibility index (Phi) is 4.96. The van der Waals surface area contributed by atoms with Gasteiger partial charge in [-0.05, 0) is 36.4 Å². The van der Waals surface area contributed by atoms with E-state index in [-0.39, 0.29) is 29.1 Å². The summed E-state index contributed by atoms with van der Waals surface area (Å²) in [6.45, 7) is -0.766. The number of hydrogen-bond acceptors (Lipinski definition) is 8. The number of benzene rings is 1. The number of nitrogens with zero attached hydrogens (tertiary/aromatic N) is 5. The van der Waals surface area contributed by atoms with Crippen LogP contribution in [0.2, 0.25) is 0 Å². The highest BCUT2D eigenvalue weighted by Crippen LogP contribution is 2.31. The second-order valence-corrected chi connectivity index (χ2v) is 6.89. The molecule has 5 heterocycles. The summed E-state index contributed by atoms with van der Waals surface area (Å²) < 4.78 is 57.9. The molecule has 2 bridgehead atoms. The van der Waals surface area contributed by atoms with Gasteiger partial charge in [-0.2, -0.15) is 28.1 Å². The zero-order chi connectivity index (χ0) is 23.0. The van der Waals surface area contributed by atoms with Gasteiger partial charge in [-0.25, -0.2) is 9.37 Å². The van der Waals surface area contributed by atoms with Crippen molar-refractivity contribution in [2.75, 3.05) is 10.6 Å². The van der Waals surface area contributed by atoms with Crippen molar-refractivity contribution in [2.24, 2.45) is 0 Å². The van der Waals surface area contributed by atoms with Crippen molar-refractivity contribution in [1.82, 2.24) is 24.9 Å². The highest BCUT2D eigenvalue weighted by molar-refractivity contribution is 5.81. The molecule has 0 amide bonds. The van der Waals surface area contributed by atoms with Gasteiger partial charge >= 0.3 is 6.18 Å². The molecule has 2 N–H and O–H groups in total. The van der Waals surface area contributed by atoms with E-state index in [1.165, 1.54) is 24.4 Å². The summed E-state index contributed by atoms with van der Waals surface area (Å²) >= 11 is 0. The van der Waals surface area contributed by atoms with Crippen molar-refractivity contribution < 1.29 is 22.0 Å². The molecule has 0 aliphatic rings. The first kappa shape index (κ1) is 20.5. The van der Waals surface area contributed by atoms with E-state index in [1.54, 1.807) is 24.3 Å². The highest BCUT2D eigenvalue weighted by Gasteiger charge is 2.32. The van der Waals surface area contributed by atoms with E-state index < -0.39 is 18.5 Å². The third-order valence-electron chi connectivity index (χ3n) is 4.54. The molecule has 0 radical (unpaired) electrons. The highest BCUT2D eigenvalue weighted by atomic mass is 19.4. The summed E-state index contributed by atoms with van der Waals surface area (Å²) in [5.74, 6) is -0.0419. The van der Waals surface area contributed by atoms with Gasteiger partial charge in [-0.1, -0.05) is 6.07 Å². The molecule has 5 rings (SSSR count). The molecule has 8 nitrogen and oxygen atoms in total. The maximum absolute atomic E-state index is 13.1. The van der Waals surface area contributed by atoms with E-state index >= 15 is 0 Å². The van der Waals surface area contributed by atoms with E-state index in [2.05, 4.69) is 35.6 Å². The van der Waals surface area contributed by atoms with Crippen LogP contribution in [-0.4, -0.2) is 24.9 Å². The molecule has 0 aromatic carbocycles. The van der Waals surface area contributed by atoms with Crippen LogP contribution in [0.25, 0.3) is 22.7 Å². The molecular weight excluding hydrogens is 442 g/mol. The minimum absolute atomic E-state index is 0.00981. The molecular formula is C21H13F4N7O. The Morgan fingerprint density at radius 3 is 2.39 bits per heavy atom. The predicted molar refractivity (Wildman–Crippen MR) is 111 cm³/mol. The van der Waals surface area contributed by atoms with Crippen LogP contribution >= 0.6 is 0 Å². The van der Waals surface area contributed by atoms with Crippen LogP contribution in [0.1, 0.15) is 11.4 Å². The fourth-order valence-electron chi connectivity index (χ4n) is 3.08. The number of pyridine rings is 2. The van der Waals surface area contributed by atoms with E-state index in [0.717, 1.165) is 6.07 Å². The van der Waals surface area contributed by atoms with E-state index in [1.807, 2.05) is 0 Å². The molecule has 5 aromatic heterocycles. The molecule has 0 aliphatic carbocycles. The van der Waals surface area contributed by atoms with Gasteiger partial charge < -0.3 is 15.1 Å². The van der Waals surface area contributed by atoms with E-state index in [9.17, 15) is 17.6 Å². The molecule has 33 heavy (non-hydrogen) atoms. The summed E-state index contributed by atoms with van der Waals surface area (Å²) in [7, 11) is 0. The van der Waals surface area contributed by atoms with Gasteiger partial charge in [0.2, 0.25) is 11.9 Å². The Labute approximate surface area is 183 Å². The second-order valence-electron chi connectivity index (χ2n) is 6.89. The number of halogens is 4. The molecule has 0 aliphatic heterocycles. The summed E-state index contributed by atoms with van der Waals surface area (Å²) in [4.78, 5) is 20.2. The zero-order valence-electron chi connectivity index (χ0n) is 16.6. The van der Waals surface area contributed by atoms with Crippen LogP contribution in [0.4, 0.5) is 40.8 Å². The van der Waals surface area contributed by atoms with Crippen molar-refractivity contribution in [3.8, 4) is 11.5 Å². The first-order valence-corrected chi connectivity index (χ1v) is 9.55. The Hall–Kier alpha value is -4.35. The molecule has 12 heteroatoms. The van der Waals surface area contributed by atoms with Crippen LogP contribution in [0.15, 0.2) is 59.1 Å². The quantitative estimate of drug-likeness (QED) is 0.324. The third kappa shape index (κ3) is 4.35. The number of hydrogen-bond donors (Lipinski definition) is 2. The average molecular weight is 455 g/mol. The molecule has 166 valence electrons. The number of nitrogens with one attached hydrogen (secondary N) is 2. The van der Waals surface area contributed by atoms with E-state index in [0.29, 0.717) is 22.5 Å². The Bertz CT molecular complexity index is 1420. The van der Waals surface area contributed by atoms with Gasteiger partial charge in [-0.15, -0.1) is 0 Å². The molecule has 5 aromatic rings. The Balaban J connectivity index is 1.55. The zero-order valence-corrected chi connectivity index (χ0v) is 16.6. The number of aromatic nitrogens is 5. The summed E-state index contributed by atoms with van der Waals surface area (Å²) in [6, 6.07) is 11.7. The molecule has 0 atom stereocenters. The molecule has 0 saturated heterocycles. The normalized spacial score (nSPS) is 11.8. The Morgan fingerprint density at radius 2 is 1.70 bits per heavy atom. The van der Waals surface area contributed by atoms with Gasteiger partial charge in [0.15, 0.2) is 11.4 Å². The Morgan fingerprint density at radius 1 is 0.879 bits per heavy atom. The number of furan rings is 2. The number of rotatable bonds is 6. The van der Waals surface area contributed by atoms with Gasteiger partial charge in [0.25, 0.3) is 0 Å². The standard InChI is InChI=1S/C21H13F4N7O/c22-10-12-8-11(6-7-26-12)27-19-30-18(14-2-1-3-17(28-14)21(23,24)25)31-20(32-19)29-15-9-13-4-5-16(15)33-13/h1-9H,10H2,(H2,26,27,29,30,31,32). The molecule has 0 unspecified atom stereocenters. The summed E-state index contributed by atoms with van der Waals surface area (Å²) in [6.07, 6.45) is -3.22. The van der Waals surface area contributed by atoms with E-state index in [4.69, 9.17) is 4.42 Å².